The van der Waals surface area contributed by atoms with Crippen molar-refractivity contribution in [3.63, 3.8) is 0 Å². The van der Waals surface area contributed by atoms with Crippen molar-refractivity contribution in [1.82, 2.24) is 0 Å². The lowest BCUT2D eigenvalue weighted by Crippen LogP contribution is -2.54. The van der Waals surface area contributed by atoms with E-state index in [0.29, 0.717) is 16.2 Å². The Kier molecular flexibility index (Phi) is 2.64. The van der Waals surface area contributed by atoms with E-state index in [1.165, 1.54) is 19.3 Å². The highest BCUT2D eigenvalue weighted by Gasteiger charge is 2.58. The maximum absolute atomic E-state index is 13.2. The first-order valence-corrected chi connectivity index (χ1v) is 8.17. The minimum Gasteiger partial charge on any atom is -0.294 e. The van der Waals surface area contributed by atoms with Gasteiger partial charge in [-0.25, -0.2) is 0 Å². The van der Waals surface area contributed by atoms with Crippen molar-refractivity contribution in [3.8, 4) is 0 Å². The van der Waals surface area contributed by atoms with E-state index in [1.807, 2.05) is 24.3 Å². The van der Waals surface area contributed by atoms with E-state index in [9.17, 15) is 4.79 Å². The summed E-state index contributed by atoms with van der Waals surface area (Å²) < 4.78 is 0. The molecule has 2 atom stereocenters. The second-order valence-corrected chi connectivity index (χ2v) is 8.27. The van der Waals surface area contributed by atoms with Gasteiger partial charge in [-0.2, -0.15) is 0 Å². The van der Waals surface area contributed by atoms with Crippen molar-refractivity contribution in [1.29, 1.82) is 0 Å². The van der Waals surface area contributed by atoms with Crippen LogP contribution in [0, 0.1) is 22.7 Å². The predicted molar refractivity (Wildman–Crippen MR) is 81.0 cm³/mol. The third-order valence-electron chi connectivity index (χ3n) is 5.95. The summed E-state index contributed by atoms with van der Waals surface area (Å²) in [4.78, 5) is 13.2. The molecule has 4 fully saturated rings. The Bertz CT molecular complexity index is 563. The Balaban J connectivity index is 1.75. The second-order valence-electron chi connectivity index (χ2n) is 7.86. The van der Waals surface area contributed by atoms with E-state index in [4.69, 9.17) is 11.6 Å². The Morgan fingerprint density at radius 3 is 2.40 bits per heavy atom. The van der Waals surface area contributed by atoms with Crippen molar-refractivity contribution in [3.05, 3.63) is 34.9 Å². The van der Waals surface area contributed by atoms with Gasteiger partial charge >= 0.3 is 0 Å². The molecule has 0 heterocycles. The fourth-order valence-corrected chi connectivity index (χ4v) is 6.14. The molecule has 106 valence electrons. The number of ketones is 1. The number of Topliss-reactive ketones (excluding diaryl/α,β-unsaturated/α-hetero) is 1. The summed E-state index contributed by atoms with van der Waals surface area (Å²) in [7, 11) is 0. The lowest BCUT2D eigenvalue weighted by atomic mass is 9.43. The lowest BCUT2D eigenvalue weighted by molar-refractivity contribution is -0.0820. The lowest BCUT2D eigenvalue weighted by Gasteiger charge is -2.60. The number of hydrogen-bond donors (Lipinski definition) is 0. The number of rotatable bonds is 2. The molecule has 1 aromatic carbocycles. The van der Waals surface area contributed by atoms with Gasteiger partial charge in [0.25, 0.3) is 0 Å². The van der Waals surface area contributed by atoms with Crippen molar-refractivity contribution in [2.45, 2.75) is 45.4 Å². The summed E-state index contributed by atoms with van der Waals surface area (Å²) in [6, 6.07) is 7.59. The SMILES string of the molecule is CC12CC3CC(C1)CC(C(=O)c1ccccc1Cl)(C3)C2. The van der Waals surface area contributed by atoms with E-state index in [0.717, 1.165) is 36.7 Å². The summed E-state index contributed by atoms with van der Waals surface area (Å²) in [6.07, 6.45) is 7.30. The first-order chi connectivity index (χ1) is 9.50. The van der Waals surface area contributed by atoms with Crippen LogP contribution in [0.25, 0.3) is 0 Å². The molecule has 0 spiro atoms. The molecule has 0 N–H and O–H groups in total. The highest BCUT2D eigenvalue weighted by Crippen LogP contribution is 2.65. The van der Waals surface area contributed by atoms with Crippen molar-refractivity contribution >= 4 is 17.4 Å². The molecule has 4 bridgehead atoms. The molecule has 2 unspecified atom stereocenters. The van der Waals surface area contributed by atoms with E-state index >= 15 is 0 Å². The predicted octanol–water partition coefficient (Wildman–Crippen LogP) is 5.13. The van der Waals surface area contributed by atoms with Crippen LogP contribution in [0.15, 0.2) is 24.3 Å². The number of benzene rings is 1. The number of hydrogen-bond acceptors (Lipinski definition) is 1. The molecule has 5 rings (SSSR count). The topological polar surface area (TPSA) is 17.1 Å². The molecule has 0 aliphatic heterocycles. The zero-order valence-electron chi connectivity index (χ0n) is 12.0. The van der Waals surface area contributed by atoms with Gasteiger partial charge in [0.05, 0.1) is 5.02 Å². The van der Waals surface area contributed by atoms with Crippen LogP contribution in [0.1, 0.15) is 55.8 Å². The molecule has 20 heavy (non-hydrogen) atoms. The highest BCUT2D eigenvalue weighted by atomic mass is 35.5. The summed E-state index contributed by atoms with van der Waals surface area (Å²) in [5.74, 6) is 1.86. The van der Waals surface area contributed by atoms with Crippen LogP contribution in [0.2, 0.25) is 5.02 Å². The number of carbonyl (C=O) groups excluding carboxylic acids is 1. The van der Waals surface area contributed by atoms with Crippen LogP contribution < -0.4 is 0 Å². The smallest absolute Gasteiger partial charge is 0.170 e. The molecule has 0 amide bonds. The van der Waals surface area contributed by atoms with Gasteiger partial charge in [0.2, 0.25) is 0 Å². The fraction of sp³-hybridized carbons (Fsp3) is 0.611. The van der Waals surface area contributed by atoms with Crippen LogP contribution in [-0.4, -0.2) is 5.78 Å². The zero-order chi connectivity index (χ0) is 14.0. The molecular formula is C18H21ClO. The monoisotopic (exact) mass is 288 g/mol. The third kappa shape index (κ3) is 1.79. The molecule has 0 aromatic heterocycles. The van der Waals surface area contributed by atoms with Gasteiger partial charge in [-0.1, -0.05) is 30.7 Å². The minimum absolute atomic E-state index is 0.107. The van der Waals surface area contributed by atoms with E-state index in [2.05, 4.69) is 6.92 Å². The maximum Gasteiger partial charge on any atom is 0.170 e. The molecule has 2 heteroatoms. The molecule has 0 saturated heterocycles. The van der Waals surface area contributed by atoms with Crippen LogP contribution >= 0.6 is 11.6 Å². The van der Waals surface area contributed by atoms with Crippen LogP contribution in [-0.2, 0) is 0 Å². The maximum atomic E-state index is 13.2. The average molecular weight is 289 g/mol. The number of halogens is 1. The molecule has 4 aliphatic rings. The summed E-state index contributed by atoms with van der Waals surface area (Å²) in [5.41, 5.74) is 1.05. The Morgan fingerprint density at radius 1 is 1.15 bits per heavy atom. The molecule has 4 aliphatic carbocycles. The normalized spacial score (nSPS) is 41.9. The van der Waals surface area contributed by atoms with Crippen molar-refractivity contribution < 1.29 is 4.79 Å². The van der Waals surface area contributed by atoms with Crippen LogP contribution in [0.4, 0.5) is 0 Å². The summed E-state index contributed by atoms with van der Waals surface area (Å²) in [6.45, 7) is 2.40. The highest BCUT2D eigenvalue weighted by molar-refractivity contribution is 6.34. The molecule has 0 radical (unpaired) electrons. The van der Waals surface area contributed by atoms with E-state index in [1.54, 1.807) is 0 Å². The van der Waals surface area contributed by atoms with Crippen molar-refractivity contribution in [2.75, 3.05) is 0 Å². The second kappa shape index (κ2) is 4.10. The minimum atomic E-state index is -0.107. The Labute approximate surface area is 125 Å². The summed E-state index contributed by atoms with van der Waals surface area (Å²) in [5, 5.41) is 0.624. The van der Waals surface area contributed by atoms with Gasteiger partial charge in [0.15, 0.2) is 5.78 Å². The average Bonchev–Trinajstić information content (AvgIpc) is 2.35. The quantitative estimate of drug-likeness (QED) is 0.690. The van der Waals surface area contributed by atoms with Gasteiger partial charge in [0.1, 0.15) is 0 Å². The summed E-state index contributed by atoms with van der Waals surface area (Å²) >= 11 is 6.27. The van der Waals surface area contributed by atoms with Gasteiger partial charge < -0.3 is 0 Å². The fourth-order valence-electron chi connectivity index (χ4n) is 5.92. The molecule has 1 aromatic rings. The van der Waals surface area contributed by atoms with Gasteiger partial charge in [-0.15, -0.1) is 0 Å². The molecule has 4 saturated carbocycles. The first-order valence-electron chi connectivity index (χ1n) is 7.79. The first kappa shape index (κ1) is 12.9. The number of carbonyl (C=O) groups is 1. The van der Waals surface area contributed by atoms with Gasteiger partial charge in [0, 0.05) is 11.0 Å². The van der Waals surface area contributed by atoms with Crippen LogP contribution in [0.5, 0.6) is 0 Å². The third-order valence-corrected chi connectivity index (χ3v) is 6.28. The Morgan fingerprint density at radius 2 is 1.80 bits per heavy atom. The zero-order valence-corrected chi connectivity index (χ0v) is 12.7. The molecule has 1 nitrogen and oxygen atoms in total. The van der Waals surface area contributed by atoms with Gasteiger partial charge in [-0.3, -0.25) is 4.79 Å². The Hall–Kier alpha value is -0.820. The standard InChI is InChI=1S/C18H21ClO/c1-17-7-12-6-13(8-17)10-18(9-12,11-17)16(20)14-4-2-3-5-15(14)19/h2-5,12-13H,6-11H2,1H3. The van der Waals surface area contributed by atoms with Gasteiger partial charge in [-0.05, 0) is 67.9 Å². The van der Waals surface area contributed by atoms with Crippen molar-refractivity contribution in [2.24, 2.45) is 22.7 Å². The molecular weight excluding hydrogens is 268 g/mol. The largest absolute Gasteiger partial charge is 0.294 e. The van der Waals surface area contributed by atoms with E-state index in [-0.39, 0.29) is 5.41 Å². The van der Waals surface area contributed by atoms with Crippen LogP contribution in [0.3, 0.4) is 0 Å². The van der Waals surface area contributed by atoms with E-state index < -0.39 is 0 Å².